The van der Waals surface area contributed by atoms with Crippen molar-refractivity contribution in [1.82, 2.24) is 0 Å². The first-order valence-corrected chi connectivity index (χ1v) is 4.22. The van der Waals surface area contributed by atoms with Crippen molar-refractivity contribution in [2.24, 2.45) is 0 Å². The maximum atomic E-state index is 11.5. The summed E-state index contributed by atoms with van der Waals surface area (Å²) in [5, 5.41) is 0. The van der Waals surface area contributed by atoms with Crippen LogP contribution in [0.5, 0.6) is 0 Å². The molecule has 2 nitrogen and oxygen atoms in total. The van der Waals surface area contributed by atoms with Crippen molar-refractivity contribution in [2.75, 3.05) is 0 Å². The number of ketones is 1. The van der Waals surface area contributed by atoms with E-state index in [4.69, 9.17) is 4.42 Å². The van der Waals surface area contributed by atoms with E-state index in [0.29, 0.717) is 24.2 Å². The third-order valence-corrected chi connectivity index (χ3v) is 1.81. The molecule has 1 heterocycles. The van der Waals surface area contributed by atoms with Crippen LogP contribution in [0.4, 0.5) is 0 Å². The highest BCUT2D eigenvalue weighted by atomic mass is 16.3. The molecule has 68 valence electrons. The van der Waals surface area contributed by atoms with Gasteiger partial charge in [-0.1, -0.05) is 0 Å². The van der Waals surface area contributed by atoms with Gasteiger partial charge in [-0.25, -0.2) is 0 Å². The fraction of sp³-hybridized carbons (Fsp3) is 0.364. The highest BCUT2D eigenvalue weighted by Gasteiger charge is 2.09. The summed E-state index contributed by atoms with van der Waals surface area (Å²) >= 11 is 0. The molecule has 0 saturated carbocycles. The fourth-order valence-electron chi connectivity index (χ4n) is 1.11. The van der Waals surface area contributed by atoms with E-state index >= 15 is 0 Å². The van der Waals surface area contributed by atoms with Gasteiger partial charge >= 0.3 is 0 Å². The summed E-state index contributed by atoms with van der Waals surface area (Å²) in [7, 11) is 0. The molecule has 0 aliphatic rings. The molecule has 0 atom stereocenters. The lowest BCUT2D eigenvalue weighted by atomic mass is 10.1. The Morgan fingerprint density at radius 1 is 1.62 bits per heavy atom. The zero-order valence-electron chi connectivity index (χ0n) is 7.89. The van der Waals surface area contributed by atoms with Crippen molar-refractivity contribution < 1.29 is 9.21 Å². The number of aryl methyl sites for hydroxylation is 1. The van der Waals surface area contributed by atoms with Crippen molar-refractivity contribution in [3.63, 3.8) is 0 Å². The third-order valence-electron chi connectivity index (χ3n) is 1.81. The van der Waals surface area contributed by atoms with Crippen LogP contribution in [0.2, 0.25) is 0 Å². The van der Waals surface area contributed by atoms with Gasteiger partial charge in [-0.3, -0.25) is 4.79 Å². The Kier molecular flexibility index (Phi) is 3.33. The number of rotatable bonds is 3. The molecule has 0 fully saturated rings. The Morgan fingerprint density at radius 2 is 2.38 bits per heavy atom. The van der Waals surface area contributed by atoms with Crippen molar-refractivity contribution in [2.45, 2.75) is 26.7 Å². The summed E-state index contributed by atoms with van der Waals surface area (Å²) in [4.78, 5) is 11.5. The molecule has 2 heteroatoms. The van der Waals surface area contributed by atoms with Crippen LogP contribution >= 0.6 is 0 Å². The number of carbonyl (C=O) groups is 1. The molecule has 0 aliphatic heterocycles. The number of furan rings is 1. The minimum Gasteiger partial charge on any atom is -0.469 e. The summed E-state index contributed by atoms with van der Waals surface area (Å²) in [6.07, 6.45) is 2.63. The average Bonchev–Trinajstić information content (AvgIpc) is 2.52. The average molecular weight is 176 g/mol. The van der Waals surface area contributed by atoms with Crippen LogP contribution in [0.3, 0.4) is 0 Å². The molecule has 0 spiro atoms. The lowest BCUT2D eigenvalue weighted by molar-refractivity contribution is 0.0983. The van der Waals surface area contributed by atoms with E-state index in [1.165, 1.54) is 6.26 Å². The van der Waals surface area contributed by atoms with Crippen molar-refractivity contribution in [3.05, 3.63) is 23.7 Å². The third kappa shape index (κ3) is 2.48. The monoisotopic (exact) mass is 176 g/mol. The van der Waals surface area contributed by atoms with Crippen LogP contribution in [-0.4, -0.2) is 5.78 Å². The van der Waals surface area contributed by atoms with E-state index in [-0.39, 0.29) is 5.78 Å². The van der Waals surface area contributed by atoms with Gasteiger partial charge < -0.3 is 4.42 Å². The van der Waals surface area contributed by atoms with Crippen LogP contribution in [0, 0.1) is 18.8 Å². The number of hydrogen-bond donors (Lipinski definition) is 0. The SMILES string of the molecule is CC#CCCC(=O)c1ccoc1C. The first kappa shape index (κ1) is 9.60. The smallest absolute Gasteiger partial charge is 0.167 e. The maximum Gasteiger partial charge on any atom is 0.167 e. The molecule has 1 aromatic rings. The van der Waals surface area contributed by atoms with Crippen LogP contribution in [0.25, 0.3) is 0 Å². The van der Waals surface area contributed by atoms with Gasteiger partial charge in [-0.05, 0) is 19.9 Å². The van der Waals surface area contributed by atoms with Gasteiger partial charge in [0.25, 0.3) is 0 Å². The Hall–Kier alpha value is -1.49. The highest BCUT2D eigenvalue weighted by molar-refractivity contribution is 5.96. The quantitative estimate of drug-likeness (QED) is 0.523. The first-order valence-electron chi connectivity index (χ1n) is 4.22. The molecule has 0 aliphatic carbocycles. The minimum atomic E-state index is 0.106. The summed E-state index contributed by atoms with van der Waals surface area (Å²) in [5.74, 6) is 6.41. The summed E-state index contributed by atoms with van der Waals surface area (Å²) in [6, 6.07) is 1.71. The van der Waals surface area contributed by atoms with E-state index in [1.54, 1.807) is 19.9 Å². The maximum absolute atomic E-state index is 11.5. The van der Waals surface area contributed by atoms with Gasteiger partial charge in [0.1, 0.15) is 5.76 Å². The largest absolute Gasteiger partial charge is 0.469 e. The predicted molar refractivity (Wildman–Crippen MR) is 50.5 cm³/mol. The molecular weight excluding hydrogens is 164 g/mol. The standard InChI is InChI=1S/C11H12O2/c1-3-4-5-6-11(12)10-7-8-13-9(10)2/h7-8H,5-6H2,1-2H3. The zero-order valence-corrected chi connectivity index (χ0v) is 7.89. The van der Waals surface area contributed by atoms with Crippen molar-refractivity contribution >= 4 is 5.78 Å². The summed E-state index contributed by atoms with van der Waals surface area (Å²) in [6.45, 7) is 3.56. The number of Topliss-reactive ketones (excluding diaryl/α,β-unsaturated/α-hetero) is 1. The minimum absolute atomic E-state index is 0.106. The van der Waals surface area contributed by atoms with E-state index < -0.39 is 0 Å². The molecule has 0 amide bonds. The fourth-order valence-corrected chi connectivity index (χ4v) is 1.11. The molecule has 0 bridgehead atoms. The van der Waals surface area contributed by atoms with Gasteiger partial charge in [-0.2, -0.15) is 0 Å². The lowest BCUT2D eigenvalue weighted by Crippen LogP contribution is -1.97. The van der Waals surface area contributed by atoms with E-state index in [1.807, 2.05) is 0 Å². The second-order valence-corrected chi connectivity index (χ2v) is 2.74. The van der Waals surface area contributed by atoms with E-state index in [9.17, 15) is 4.79 Å². The molecule has 1 aromatic heterocycles. The van der Waals surface area contributed by atoms with Gasteiger partial charge in [-0.15, -0.1) is 11.8 Å². The number of hydrogen-bond acceptors (Lipinski definition) is 2. The lowest BCUT2D eigenvalue weighted by Gasteiger charge is -1.94. The normalized spacial score (nSPS) is 9.08. The topological polar surface area (TPSA) is 30.2 Å². The second kappa shape index (κ2) is 4.51. The number of carbonyl (C=O) groups excluding carboxylic acids is 1. The molecule has 1 rings (SSSR count). The molecule has 0 saturated heterocycles. The van der Waals surface area contributed by atoms with Crippen LogP contribution in [0.15, 0.2) is 16.7 Å². The Balaban J connectivity index is 2.57. The van der Waals surface area contributed by atoms with Crippen molar-refractivity contribution in [1.29, 1.82) is 0 Å². The van der Waals surface area contributed by atoms with Gasteiger partial charge in [0.15, 0.2) is 5.78 Å². The van der Waals surface area contributed by atoms with E-state index in [0.717, 1.165) is 0 Å². The molecular formula is C11H12O2. The zero-order chi connectivity index (χ0) is 9.68. The summed E-state index contributed by atoms with van der Waals surface area (Å²) in [5.41, 5.74) is 0.679. The van der Waals surface area contributed by atoms with E-state index in [2.05, 4.69) is 11.8 Å². The van der Waals surface area contributed by atoms with Gasteiger partial charge in [0.2, 0.25) is 0 Å². The Bertz CT molecular complexity index is 350. The Morgan fingerprint density at radius 3 is 2.92 bits per heavy atom. The molecule has 0 unspecified atom stereocenters. The molecule has 0 aromatic carbocycles. The molecule has 13 heavy (non-hydrogen) atoms. The highest BCUT2D eigenvalue weighted by Crippen LogP contribution is 2.11. The molecule has 0 N–H and O–H groups in total. The van der Waals surface area contributed by atoms with Crippen molar-refractivity contribution in [3.8, 4) is 11.8 Å². The van der Waals surface area contributed by atoms with Crippen LogP contribution in [-0.2, 0) is 0 Å². The first-order chi connectivity index (χ1) is 6.25. The van der Waals surface area contributed by atoms with Gasteiger partial charge in [0.05, 0.1) is 11.8 Å². The predicted octanol–water partition coefficient (Wildman–Crippen LogP) is 2.57. The Labute approximate surface area is 77.9 Å². The molecule has 0 radical (unpaired) electrons. The summed E-state index contributed by atoms with van der Waals surface area (Å²) < 4.78 is 5.04. The van der Waals surface area contributed by atoms with Crippen LogP contribution < -0.4 is 0 Å². The van der Waals surface area contributed by atoms with Crippen LogP contribution in [0.1, 0.15) is 35.9 Å². The van der Waals surface area contributed by atoms with Gasteiger partial charge in [0, 0.05) is 12.8 Å². The second-order valence-electron chi connectivity index (χ2n) is 2.74.